The largest absolute Gasteiger partial charge is 0.478 e. The molecule has 0 unspecified atom stereocenters. The summed E-state index contributed by atoms with van der Waals surface area (Å²) in [6.07, 6.45) is 1.48. The van der Waals surface area contributed by atoms with E-state index in [2.05, 4.69) is 15.3 Å². The zero-order chi connectivity index (χ0) is 15.0. The molecule has 5 nitrogen and oxygen atoms in total. The van der Waals surface area contributed by atoms with Crippen LogP contribution in [0.3, 0.4) is 0 Å². The van der Waals surface area contributed by atoms with Crippen LogP contribution in [0, 0.1) is 6.92 Å². The van der Waals surface area contributed by atoms with Crippen LogP contribution in [0.25, 0.3) is 10.2 Å². The Bertz CT molecular complexity index is 847. The maximum atomic E-state index is 11.1. The highest BCUT2D eigenvalue weighted by atomic mass is 35.5. The zero-order valence-electron chi connectivity index (χ0n) is 10.9. The average molecular weight is 320 g/mol. The molecule has 0 bridgehead atoms. The molecule has 2 N–H and O–H groups in total. The van der Waals surface area contributed by atoms with E-state index in [0.717, 1.165) is 15.1 Å². The van der Waals surface area contributed by atoms with Crippen LogP contribution in [0.2, 0.25) is 5.02 Å². The monoisotopic (exact) mass is 319 g/mol. The van der Waals surface area contributed by atoms with E-state index in [0.29, 0.717) is 11.5 Å². The third-order valence-corrected chi connectivity index (χ3v) is 4.20. The molecule has 3 rings (SSSR count). The van der Waals surface area contributed by atoms with Crippen molar-refractivity contribution < 1.29 is 9.90 Å². The Kier molecular flexibility index (Phi) is 3.48. The van der Waals surface area contributed by atoms with Crippen LogP contribution in [0.15, 0.2) is 30.6 Å². The number of carboxylic acids is 1. The van der Waals surface area contributed by atoms with Crippen molar-refractivity contribution in [2.45, 2.75) is 6.92 Å². The lowest BCUT2D eigenvalue weighted by Crippen LogP contribution is -2.00. The Hall–Kier alpha value is -2.18. The van der Waals surface area contributed by atoms with Gasteiger partial charge in [0.25, 0.3) is 0 Å². The number of hydrogen-bond acceptors (Lipinski definition) is 5. The van der Waals surface area contributed by atoms with E-state index in [1.54, 1.807) is 23.5 Å². The van der Waals surface area contributed by atoms with Crippen molar-refractivity contribution in [2.24, 2.45) is 0 Å². The Morgan fingerprint density at radius 3 is 2.90 bits per heavy atom. The molecule has 0 saturated carbocycles. The average Bonchev–Trinajstić information content (AvgIpc) is 2.82. The van der Waals surface area contributed by atoms with Crippen molar-refractivity contribution in [3.63, 3.8) is 0 Å². The number of nitrogens with zero attached hydrogens (tertiary/aromatic N) is 2. The summed E-state index contributed by atoms with van der Waals surface area (Å²) in [5.41, 5.74) is 0.661. The van der Waals surface area contributed by atoms with Crippen LogP contribution < -0.4 is 5.32 Å². The molecule has 1 aromatic carbocycles. The van der Waals surface area contributed by atoms with E-state index in [9.17, 15) is 4.79 Å². The van der Waals surface area contributed by atoms with E-state index < -0.39 is 5.97 Å². The lowest BCUT2D eigenvalue weighted by Gasteiger charge is -2.08. The minimum Gasteiger partial charge on any atom is -0.478 e. The lowest BCUT2D eigenvalue weighted by atomic mass is 10.2. The Balaban J connectivity index is 2.02. The molecule has 0 fully saturated rings. The maximum absolute atomic E-state index is 11.1. The standard InChI is InChI=1S/C14H10ClN3O2S/c1-7-4-10-12(16-6-17-13(10)21-7)18-8-2-3-11(15)9(5-8)14(19)20/h2-6H,1H3,(H,19,20)(H,16,17,18). The number of nitrogens with one attached hydrogen (secondary N) is 1. The van der Waals surface area contributed by atoms with Crippen LogP contribution in [0.1, 0.15) is 15.2 Å². The van der Waals surface area contributed by atoms with Crippen molar-refractivity contribution in [1.82, 2.24) is 9.97 Å². The minimum atomic E-state index is -1.07. The molecule has 0 aliphatic heterocycles. The first-order valence-corrected chi connectivity index (χ1v) is 7.25. The molecule has 0 radical (unpaired) electrons. The number of halogens is 1. The molecule has 0 aliphatic rings. The Morgan fingerprint density at radius 1 is 1.33 bits per heavy atom. The SMILES string of the molecule is Cc1cc2c(Nc3ccc(Cl)c(C(=O)O)c3)ncnc2s1. The first-order chi connectivity index (χ1) is 10.0. The molecule has 3 aromatic rings. The lowest BCUT2D eigenvalue weighted by molar-refractivity contribution is 0.0697. The molecule has 0 amide bonds. The molecule has 0 atom stereocenters. The van der Waals surface area contributed by atoms with Gasteiger partial charge in [0.1, 0.15) is 17.0 Å². The second-order valence-electron chi connectivity index (χ2n) is 4.42. The first kappa shape index (κ1) is 13.8. The molecule has 0 spiro atoms. The van der Waals surface area contributed by atoms with Crippen molar-refractivity contribution in [1.29, 1.82) is 0 Å². The maximum Gasteiger partial charge on any atom is 0.337 e. The summed E-state index contributed by atoms with van der Waals surface area (Å²) in [5, 5.41) is 13.3. The fourth-order valence-corrected chi connectivity index (χ4v) is 3.02. The fourth-order valence-electron chi connectivity index (χ4n) is 1.98. The summed E-state index contributed by atoms with van der Waals surface area (Å²) < 4.78 is 0. The van der Waals surface area contributed by atoms with E-state index in [1.165, 1.54) is 12.4 Å². The highest BCUT2D eigenvalue weighted by Gasteiger charge is 2.11. The number of aryl methyl sites for hydroxylation is 1. The van der Waals surface area contributed by atoms with Gasteiger partial charge < -0.3 is 10.4 Å². The predicted molar refractivity (Wildman–Crippen MR) is 83.8 cm³/mol. The summed E-state index contributed by atoms with van der Waals surface area (Å²) in [6.45, 7) is 2.00. The normalized spacial score (nSPS) is 10.8. The van der Waals surface area contributed by atoms with Gasteiger partial charge in [-0.1, -0.05) is 11.6 Å². The number of hydrogen-bond donors (Lipinski definition) is 2. The molecular formula is C14H10ClN3O2S. The molecular weight excluding hydrogens is 310 g/mol. The summed E-state index contributed by atoms with van der Waals surface area (Å²) in [6, 6.07) is 6.74. The molecule has 0 aliphatic carbocycles. The highest BCUT2D eigenvalue weighted by Crippen LogP contribution is 2.30. The summed E-state index contributed by atoms with van der Waals surface area (Å²) >= 11 is 7.44. The number of rotatable bonds is 3. The van der Waals surface area contributed by atoms with E-state index >= 15 is 0 Å². The molecule has 106 valence electrons. The van der Waals surface area contributed by atoms with Gasteiger partial charge in [0.05, 0.1) is 16.0 Å². The van der Waals surface area contributed by atoms with Gasteiger partial charge in [0, 0.05) is 10.6 Å². The number of anilines is 2. The Morgan fingerprint density at radius 2 is 2.14 bits per heavy atom. The number of fused-ring (bicyclic) bond motifs is 1. The summed E-state index contributed by atoms with van der Waals surface area (Å²) in [7, 11) is 0. The van der Waals surface area contributed by atoms with Gasteiger partial charge in [0.15, 0.2) is 0 Å². The third-order valence-electron chi connectivity index (χ3n) is 2.91. The van der Waals surface area contributed by atoms with Gasteiger partial charge in [-0.25, -0.2) is 14.8 Å². The van der Waals surface area contributed by atoms with Gasteiger partial charge in [-0.3, -0.25) is 0 Å². The molecule has 21 heavy (non-hydrogen) atoms. The van der Waals surface area contributed by atoms with Gasteiger partial charge in [-0.05, 0) is 31.2 Å². The Labute approximate surface area is 129 Å². The third kappa shape index (κ3) is 2.68. The number of carbonyl (C=O) groups is 1. The molecule has 2 heterocycles. The second-order valence-corrected chi connectivity index (χ2v) is 6.06. The number of carboxylic acid groups (broad SMARTS) is 1. The smallest absolute Gasteiger partial charge is 0.337 e. The minimum absolute atomic E-state index is 0.0495. The first-order valence-electron chi connectivity index (χ1n) is 6.05. The molecule has 2 aromatic heterocycles. The summed E-state index contributed by atoms with van der Waals surface area (Å²) in [5.74, 6) is -0.425. The predicted octanol–water partition coefficient (Wildman–Crippen LogP) is 4.09. The topological polar surface area (TPSA) is 75.1 Å². The number of benzene rings is 1. The van der Waals surface area contributed by atoms with Crippen LogP contribution in [-0.4, -0.2) is 21.0 Å². The van der Waals surface area contributed by atoms with Crippen LogP contribution in [0.4, 0.5) is 11.5 Å². The van der Waals surface area contributed by atoms with Gasteiger partial charge >= 0.3 is 5.97 Å². The zero-order valence-corrected chi connectivity index (χ0v) is 12.5. The highest BCUT2D eigenvalue weighted by molar-refractivity contribution is 7.18. The van der Waals surface area contributed by atoms with Gasteiger partial charge in [-0.15, -0.1) is 11.3 Å². The van der Waals surface area contributed by atoms with Crippen molar-refractivity contribution >= 4 is 50.6 Å². The fraction of sp³-hybridized carbons (Fsp3) is 0.0714. The van der Waals surface area contributed by atoms with Crippen molar-refractivity contribution in [2.75, 3.05) is 5.32 Å². The number of thiophene rings is 1. The van der Waals surface area contributed by atoms with Crippen LogP contribution in [0.5, 0.6) is 0 Å². The van der Waals surface area contributed by atoms with E-state index in [-0.39, 0.29) is 10.6 Å². The molecule has 0 saturated heterocycles. The van der Waals surface area contributed by atoms with Crippen LogP contribution >= 0.6 is 22.9 Å². The van der Waals surface area contributed by atoms with E-state index in [4.69, 9.17) is 16.7 Å². The number of aromatic nitrogens is 2. The molecule has 7 heteroatoms. The second kappa shape index (κ2) is 5.31. The quantitative estimate of drug-likeness (QED) is 0.760. The number of aromatic carboxylic acids is 1. The summed E-state index contributed by atoms with van der Waals surface area (Å²) in [4.78, 5) is 21.6. The van der Waals surface area contributed by atoms with E-state index in [1.807, 2.05) is 13.0 Å². The van der Waals surface area contributed by atoms with Crippen molar-refractivity contribution in [3.8, 4) is 0 Å². The van der Waals surface area contributed by atoms with Gasteiger partial charge in [-0.2, -0.15) is 0 Å². The van der Waals surface area contributed by atoms with Crippen molar-refractivity contribution in [3.05, 3.63) is 46.1 Å². The van der Waals surface area contributed by atoms with Crippen LogP contribution in [-0.2, 0) is 0 Å². The van der Waals surface area contributed by atoms with Gasteiger partial charge in [0.2, 0.25) is 0 Å².